The van der Waals surface area contributed by atoms with Gasteiger partial charge in [0, 0.05) is 57.2 Å². The van der Waals surface area contributed by atoms with E-state index < -0.39 is 134 Å². The molecule has 7 amide bonds. The molecule has 1 saturated heterocycles. The number of aromatic nitrogens is 2. The van der Waals surface area contributed by atoms with Crippen molar-refractivity contribution in [2.75, 3.05) is 59.2 Å². The smallest absolute Gasteiger partial charge is 0.305 e. The summed E-state index contributed by atoms with van der Waals surface area (Å²) in [5, 5.41) is 68.9. The Hall–Kier alpha value is -9.04. The van der Waals surface area contributed by atoms with Gasteiger partial charge < -0.3 is 83.7 Å². The molecule has 16 N–H and O–H groups in total. The van der Waals surface area contributed by atoms with E-state index in [2.05, 4.69) is 66.0 Å². The van der Waals surface area contributed by atoms with E-state index in [1.807, 2.05) is 0 Å². The minimum absolute atomic E-state index is 0.0218. The second-order valence-corrected chi connectivity index (χ2v) is 19.2. The molecule has 0 bridgehead atoms. The third-order valence-electron chi connectivity index (χ3n) is 12.1. The van der Waals surface area contributed by atoms with E-state index in [0.29, 0.717) is 35.3 Å². The number of carbonyl (C=O) groups excluding carboxylic acids is 9. The number of nitrogens with zero attached hydrogens (tertiary/aromatic N) is 6. The molecule has 34 heteroatoms. The van der Waals surface area contributed by atoms with E-state index in [-0.39, 0.29) is 76.7 Å². The number of hydrogen-bond acceptors (Lipinski definition) is 20. The van der Waals surface area contributed by atoms with Gasteiger partial charge in [-0.25, -0.2) is 4.79 Å². The number of carbonyl (C=O) groups is 11. The first-order valence-electron chi connectivity index (χ1n) is 27.4. The molecule has 1 aliphatic rings. The molecule has 0 saturated carbocycles. The molecule has 0 radical (unpaired) electrons. The van der Waals surface area contributed by atoms with Crippen molar-refractivity contribution in [3.8, 4) is 0 Å². The Bertz CT molecular complexity index is 2840. The van der Waals surface area contributed by atoms with E-state index in [4.69, 9.17) is 41.4 Å². The van der Waals surface area contributed by atoms with Gasteiger partial charge in [0.2, 0.25) is 29.5 Å². The number of hydrogen-bond donors (Lipinski definition) is 14. The Balaban J connectivity index is 0.000000630. The first kappa shape index (κ1) is 75.1. The molecule has 1 unspecified atom stereocenters. The monoisotopic (exact) mass is 1320 g/mol. The predicted octanol–water partition coefficient (Wildman–Crippen LogP) is -3.05. The second-order valence-electron chi connectivity index (χ2n) is 18.9. The van der Waals surface area contributed by atoms with E-state index in [1.165, 1.54) is 36.8 Å². The van der Waals surface area contributed by atoms with Crippen LogP contribution in [0.4, 0.5) is 5.82 Å². The van der Waals surface area contributed by atoms with Crippen molar-refractivity contribution < 1.29 is 106 Å². The summed E-state index contributed by atoms with van der Waals surface area (Å²) in [5.41, 5.74) is 10.7. The predicted molar refractivity (Wildman–Crippen MR) is 306 cm³/mol. The number of pyridine rings is 2. The zero-order valence-corrected chi connectivity index (χ0v) is 50.2. The number of unbranched alkanes of at least 4 members (excludes halogenated alkanes) is 1. The summed E-state index contributed by atoms with van der Waals surface area (Å²) in [5.74, 6) is -8.31. The second kappa shape index (κ2) is 41.9. The fourth-order valence-corrected chi connectivity index (χ4v) is 7.69. The molecule has 0 aliphatic carbocycles. The number of ether oxygens (including phenoxy) is 2. The minimum Gasteiger partial charge on any atom is -0.642 e. The minimum atomic E-state index is -1.60. The van der Waals surface area contributed by atoms with Crippen LogP contribution in [-0.4, -0.2) is 202 Å². The van der Waals surface area contributed by atoms with E-state index >= 15 is 0 Å². The number of aliphatic imine (C=N–C) groups is 1. The number of rotatable bonds is 29. The van der Waals surface area contributed by atoms with Crippen LogP contribution in [0.5, 0.6) is 0 Å². The Kier molecular flexibility index (Phi) is 35.7. The molecule has 0 spiro atoms. The SMILES string of the molecule is CCOC(=O)CCC(NC(=O)c1ccncc1)C(=O)OCC.NC(N)=NCCC[C@@H]1NC(=O)[C@H](CCCCNC(=O)c2ccc(N=[N+]=[Tc])nc2)NC(=O)[C@@H](Cc2ccccc2)NC(=O)[C@H](CC(=O)O)NC(=O)CNC1=O.O=C(O)C[N-]C(CO)(CO)CO. The van der Waals surface area contributed by atoms with Gasteiger partial charge in [-0.3, -0.25) is 53.1 Å². The van der Waals surface area contributed by atoms with Crippen LogP contribution < -0.4 is 52.1 Å². The van der Waals surface area contributed by atoms with Crippen molar-refractivity contribution in [2.24, 2.45) is 21.6 Å². The third-order valence-corrected chi connectivity index (χ3v) is 12.3. The summed E-state index contributed by atoms with van der Waals surface area (Å²) >= 11 is 1.71. The van der Waals surface area contributed by atoms with Crippen LogP contribution in [0.25, 0.3) is 5.32 Å². The summed E-state index contributed by atoms with van der Waals surface area (Å²) in [7, 11) is 0. The number of benzene rings is 1. The molecule has 5 atom stereocenters. The summed E-state index contributed by atoms with van der Waals surface area (Å²) < 4.78 is 13.3. The standard InChI is InChI=1S/C33H43N12O8.C15H20N2O5.C6H12NO5.Tc/c34-33(35)38-14-6-10-21-29(50)40-18-26(46)41-24(16-27(47)48)32(53)44-23(15-19-7-2-1-3-8-19)31(52)43-22(30(51)42-21)9-4-5-13-37-28(49)20-11-12-25(45-36)39-17-20;1-3-21-13(18)6-5-12(15(20)22-4-2)17-14(19)11-7-9-16-10-8-11;8-2-6(3-9,4-10)7-1-5(11)12;/h1-3,7-8,11-12,17,21-24H,4-6,9-10,13-16,18H2,(H,37,49)(H,40,50)(H,41,46)(H,42,51)(H,43,52)(H,44,53)(H,47,48)(H4,34,35,38);7-10,12H,3-6H2,1-2H3,(H,17,19);8-10H,1-4H2,(H,11,12);/q-1;;-1;+2/t21-,22-,23+,24-;;;/m0.../s1. The maximum Gasteiger partial charge on any atom is 0.305 e. The fourth-order valence-electron chi connectivity index (χ4n) is 7.50. The van der Waals surface area contributed by atoms with Gasteiger partial charge in [-0.15, -0.1) is 0 Å². The number of nitrogens with two attached hydrogens (primary N) is 2. The largest absolute Gasteiger partial charge is 0.642 e. The molecular formula is C54H75N15O18Tc. The number of carboxylic acids is 2. The van der Waals surface area contributed by atoms with Gasteiger partial charge in [0.25, 0.3) is 11.9 Å². The van der Waals surface area contributed by atoms with Crippen molar-refractivity contribution in [3.05, 3.63) is 95.2 Å². The zero-order valence-electron chi connectivity index (χ0n) is 48.3. The number of guanidine groups is 1. The van der Waals surface area contributed by atoms with Crippen LogP contribution in [0.2, 0.25) is 0 Å². The molecule has 481 valence electrons. The quantitative estimate of drug-likeness (QED) is 0.00820. The summed E-state index contributed by atoms with van der Waals surface area (Å²) in [6.07, 6.45) is 4.65. The normalized spacial score (nSPS) is 16.4. The van der Waals surface area contributed by atoms with Crippen LogP contribution >= 0.6 is 0 Å². The van der Waals surface area contributed by atoms with Gasteiger partial charge in [-0.1, -0.05) is 35.9 Å². The van der Waals surface area contributed by atoms with Crippen molar-refractivity contribution in [1.82, 2.24) is 50.6 Å². The van der Waals surface area contributed by atoms with Gasteiger partial charge in [-0.2, -0.15) is 0 Å². The number of aliphatic hydroxyl groups excluding tert-OH is 3. The van der Waals surface area contributed by atoms with Crippen LogP contribution in [0, 0.1) is 0 Å². The zero-order chi connectivity index (χ0) is 65.4. The number of esters is 2. The first-order valence-corrected chi connectivity index (χ1v) is 28.2. The van der Waals surface area contributed by atoms with Gasteiger partial charge in [-0.05, 0) is 57.4 Å². The van der Waals surface area contributed by atoms with Crippen molar-refractivity contribution in [1.29, 1.82) is 0 Å². The Morgan fingerprint density at radius 3 is 1.95 bits per heavy atom. The molecule has 3 aromatic rings. The molecular weight excluding hydrogens is 1240 g/mol. The van der Waals surface area contributed by atoms with Crippen LogP contribution in [0.15, 0.2) is 83.3 Å². The maximum atomic E-state index is 13.9. The molecule has 1 aliphatic heterocycles. The first-order chi connectivity index (χ1) is 42.0. The summed E-state index contributed by atoms with van der Waals surface area (Å²) in [6.45, 7) is 1.26. The van der Waals surface area contributed by atoms with Crippen molar-refractivity contribution in [2.45, 2.75) is 107 Å². The average molecular weight is 1320 g/mol. The fraction of sp³-hybridized carbons (Fsp3) is 0.481. The summed E-state index contributed by atoms with van der Waals surface area (Å²) in [4.78, 5) is 148. The van der Waals surface area contributed by atoms with E-state index in [0.717, 1.165) is 0 Å². The Labute approximate surface area is 515 Å². The van der Waals surface area contributed by atoms with Crippen molar-refractivity contribution in [3.63, 3.8) is 0 Å². The van der Waals surface area contributed by atoms with Crippen LogP contribution in [0.1, 0.15) is 91.5 Å². The molecule has 2 aromatic heterocycles. The number of nitrogens with one attached hydrogen (secondary N) is 7. The molecule has 3 heterocycles. The topological polar surface area (TPSA) is 522 Å². The number of amides is 7. The summed E-state index contributed by atoms with van der Waals surface area (Å²) in [6, 6.07) is 8.57. The van der Waals surface area contributed by atoms with Crippen molar-refractivity contribution >= 4 is 77.0 Å². The number of aliphatic carboxylic acids is 2. The molecule has 88 heavy (non-hydrogen) atoms. The van der Waals surface area contributed by atoms with E-state index in [1.54, 1.807) is 69.0 Å². The molecule has 1 aromatic carbocycles. The number of aliphatic hydroxyl groups is 3. The third kappa shape index (κ3) is 29.9. The Morgan fingerprint density at radius 2 is 1.38 bits per heavy atom. The Morgan fingerprint density at radius 1 is 0.761 bits per heavy atom. The maximum absolute atomic E-state index is 13.9. The van der Waals surface area contributed by atoms with Gasteiger partial charge in [0.05, 0.1) is 26.2 Å². The molecule has 33 nitrogen and oxygen atoms in total. The van der Waals surface area contributed by atoms with Crippen LogP contribution in [0.3, 0.4) is 0 Å². The van der Waals surface area contributed by atoms with E-state index in [9.17, 15) is 57.8 Å². The van der Waals surface area contributed by atoms with Gasteiger partial charge in [0.1, 0.15) is 30.2 Å². The van der Waals surface area contributed by atoms with Gasteiger partial charge >= 0.3 is 122 Å². The van der Waals surface area contributed by atoms with Crippen LogP contribution in [-0.2, 0) is 77.8 Å². The molecule has 4 rings (SSSR count). The number of carboxylic acid groups (broad SMARTS) is 2. The average Bonchev–Trinajstić information content (AvgIpc) is 3.70. The van der Waals surface area contributed by atoms with Gasteiger partial charge in [0.15, 0.2) is 5.96 Å². The molecule has 1 fully saturated rings.